The highest BCUT2D eigenvalue weighted by Gasteiger charge is 2.46. The van der Waals surface area contributed by atoms with Crippen molar-refractivity contribution in [2.24, 2.45) is 0 Å². The molecule has 0 aromatic heterocycles. The average molecular weight is 270 g/mol. The number of nitrogens with zero attached hydrogens (tertiary/aromatic N) is 1. The maximum Gasteiger partial charge on any atom is 0.317 e. The SMILES string of the molecule is CC1(C)CC(NC(=O)N2CCCC(O)C2)C(C)(C)O1. The first-order valence-electron chi connectivity index (χ1n) is 7.13. The van der Waals surface area contributed by atoms with Gasteiger partial charge >= 0.3 is 6.03 Å². The lowest BCUT2D eigenvalue weighted by Crippen LogP contribution is -2.53. The van der Waals surface area contributed by atoms with Gasteiger partial charge in [0.1, 0.15) is 0 Å². The Morgan fingerprint density at radius 3 is 2.58 bits per heavy atom. The van der Waals surface area contributed by atoms with Gasteiger partial charge in [-0.1, -0.05) is 0 Å². The van der Waals surface area contributed by atoms with Gasteiger partial charge in [-0.3, -0.25) is 0 Å². The van der Waals surface area contributed by atoms with Crippen LogP contribution < -0.4 is 5.32 Å². The topological polar surface area (TPSA) is 61.8 Å². The van der Waals surface area contributed by atoms with E-state index in [0.717, 1.165) is 25.8 Å². The summed E-state index contributed by atoms with van der Waals surface area (Å²) < 4.78 is 5.98. The van der Waals surface area contributed by atoms with Crippen LogP contribution >= 0.6 is 0 Å². The van der Waals surface area contributed by atoms with Crippen molar-refractivity contribution < 1.29 is 14.6 Å². The second-order valence-electron chi connectivity index (χ2n) is 6.91. The minimum Gasteiger partial charge on any atom is -0.391 e. The third-order valence-corrected chi connectivity index (χ3v) is 4.06. The number of nitrogens with one attached hydrogen (secondary N) is 1. The molecule has 2 aliphatic rings. The zero-order valence-electron chi connectivity index (χ0n) is 12.4. The summed E-state index contributed by atoms with van der Waals surface area (Å²) in [6, 6.07) is -0.0767. The van der Waals surface area contributed by atoms with Crippen molar-refractivity contribution in [1.82, 2.24) is 10.2 Å². The molecule has 0 spiro atoms. The van der Waals surface area contributed by atoms with Crippen LogP contribution in [0.2, 0.25) is 0 Å². The summed E-state index contributed by atoms with van der Waals surface area (Å²) >= 11 is 0. The largest absolute Gasteiger partial charge is 0.391 e. The number of urea groups is 1. The first-order chi connectivity index (χ1) is 8.70. The van der Waals surface area contributed by atoms with Crippen molar-refractivity contribution >= 4 is 6.03 Å². The number of ether oxygens (including phenoxy) is 1. The van der Waals surface area contributed by atoms with Gasteiger partial charge in [0.25, 0.3) is 0 Å². The third-order valence-electron chi connectivity index (χ3n) is 4.06. The lowest BCUT2D eigenvalue weighted by atomic mass is 9.94. The number of aliphatic hydroxyl groups excluding tert-OH is 1. The Balaban J connectivity index is 1.95. The molecule has 0 aliphatic carbocycles. The Hall–Kier alpha value is -0.810. The average Bonchev–Trinajstić information content (AvgIpc) is 2.46. The van der Waals surface area contributed by atoms with E-state index in [1.165, 1.54) is 0 Å². The van der Waals surface area contributed by atoms with E-state index >= 15 is 0 Å². The van der Waals surface area contributed by atoms with Crippen LogP contribution in [0.3, 0.4) is 0 Å². The van der Waals surface area contributed by atoms with Crippen LogP contribution in [0.1, 0.15) is 47.0 Å². The Morgan fingerprint density at radius 1 is 1.37 bits per heavy atom. The number of carbonyl (C=O) groups excluding carboxylic acids is 1. The van der Waals surface area contributed by atoms with Crippen LogP contribution in [0, 0.1) is 0 Å². The smallest absolute Gasteiger partial charge is 0.317 e. The minimum absolute atomic E-state index is 0.00840. The molecule has 2 N–H and O–H groups in total. The number of aliphatic hydroxyl groups is 1. The zero-order valence-corrected chi connectivity index (χ0v) is 12.4. The normalized spacial score (nSPS) is 33.2. The molecule has 0 aromatic carbocycles. The zero-order chi connectivity index (χ0) is 14.3. The summed E-state index contributed by atoms with van der Waals surface area (Å²) in [4.78, 5) is 14.0. The molecule has 0 saturated carbocycles. The lowest BCUT2D eigenvalue weighted by molar-refractivity contribution is -0.0693. The second kappa shape index (κ2) is 4.94. The molecule has 5 heteroatoms. The second-order valence-corrected chi connectivity index (χ2v) is 6.91. The number of hydrogen-bond donors (Lipinski definition) is 2. The number of likely N-dealkylation sites (tertiary alicyclic amines) is 1. The molecule has 5 nitrogen and oxygen atoms in total. The number of rotatable bonds is 1. The molecule has 2 rings (SSSR count). The third kappa shape index (κ3) is 3.39. The van der Waals surface area contributed by atoms with Crippen molar-refractivity contribution in [2.75, 3.05) is 13.1 Å². The van der Waals surface area contributed by atoms with Gasteiger partial charge in [-0.25, -0.2) is 4.79 Å². The van der Waals surface area contributed by atoms with Gasteiger partial charge in [0, 0.05) is 13.1 Å². The number of piperidine rings is 1. The number of carbonyl (C=O) groups is 1. The first kappa shape index (κ1) is 14.6. The van der Waals surface area contributed by atoms with E-state index in [-0.39, 0.29) is 29.4 Å². The fraction of sp³-hybridized carbons (Fsp3) is 0.929. The van der Waals surface area contributed by atoms with Gasteiger partial charge in [0.2, 0.25) is 0 Å². The van der Waals surface area contributed by atoms with Gasteiger partial charge in [-0.15, -0.1) is 0 Å². The predicted octanol–water partition coefficient (Wildman–Crippen LogP) is 1.50. The summed E-state index contributed by atoms with van der Waals surface area (Å²) in [5.41, 5.74) is -0.559. The predicted molar refractivity (Wildman–Crippen MR) is 73.0 cm³/mol. The van der Waals surface area contributed by atoms with Crippen molar-refractivity contribution in [3.8, 4) is 0 Å². The molecule has 2 amide bonds. The standard InChI is InChI=1S/C14H26N2O3/c1-13(2)8-11(14(3,4)19-13)15-12(18)16-7-5-6-10(17)9-16/h10-11,17H,5-9H2,1-4H3,(H,15,18). The highest BCUT2D eigenvalue weighted by molar-refractivity contribution is 5.75. The van der Waals surface area contributed by atoms with E-state index in [1.54, 1.807) is 4.90 Å². The Bertz CT molecular complexity index is 355. The highest BCUT2D eigenvalue weighted by atomic mass is 16.5. The van der Waals surface area contributed by atoms with Crippen LogP contribution in [-0.4, -0.2) is 52.5 Å². The summed E-state index contributed by atoms with van der Waals surface area (Å²) in [5.74, 6) is 0. The number of hydrogen-bond acceptors (Lipinski definition) is 3. The maximum absolute atomic E-state index is 12.2. The van der Waals surface area contributed by atoms with E-state index < -0.39 is 0 Å². The number of amides is 2. The fourth-order valence-corrected chi connectivity index (χ4v) is 3.17. The van der Waals surface area contributed by atoms with E-state index in [4.69, 9.17) is 4.74 Å². The lowest BCUT2D eigenvalue weighted by Gasteiger charge is -2.33. The van der Waals surface area contributed by atoms with Crippen molar-refractivity contribution in [3.05, 3.63) is 0 Å². The molecule has 2 atom stereocenters. The highest BCUT2D eigenvalue weighted by Crippen LogP contribution is 2.37. The van der Waals surface area contributed by atoms with Crippen molar-refractivity contribution in [3.63, 3.8) is 0 Å². The molecule has 2 heterocycles. The molecule has 2 aliphatic heterocycles. The minimum atomic E-state index is -0.385. The van der Waals surface area contributed by atoms with Crippen LogP contribution in [0.5, 0.6) is 0 Å². The Morgan fingerprint density at radius 2 is 2.05 bits per heavy atom. The van der Waals surface area contributed by atoms with Crippen molar-refractivity contribution in [2.45, 2.75) is 70.3 Å². The first-order valence-corrected chi connectivity index (χ1v) is 7.13. The fourth-order valence-electron chi connectivity index (χ4n) is 3.17. The summed E-state index contributed by atoms with van der Waals surface area (Å²) in [7, 11) is 0. The molecule has 19 heavy (non-hydrogen) atoms. The van der Waals surface area contributed by atoms with Gasteiger partial charge in [0.05, 0.1) is 23.3 Å². The molecule has 110 valence electrons. The van der Waals surface area contributed by atoms with Crippen LogP contribution in [0.4, 0.5) is 4.79 Å². The monoisotopic (exact) mass is 270 g/mol. The molecule has 0 aromatic rings. The molecular formula is C14H26N2O3. The van der Waals surface area contributed by atoms with Crippen LogP contribution in [0.15, 0.2) is 0 Å². The molecule has 2 unspecified atom stereocenters. The molecule has 0 radical (unpaired) electrons. The number of β-amino-alcohol motifs (C(OH)–C–C–N with tert-alkyl or cyclic N) is 1. The molecule has 2 saturated heterocycles. The van der Waals surface area contributed by atoms with E-state index in [2.05, 4.69) is 5.32 Å². The Labute approximate surface area is 115 Å². The van der Waals surface area contributed by atoms with Crippen LogP contribution in [-0.2, 0) is 4.74 Å². The molecular weight excluding hydrogens is 244 g/mol. The van der Waals surface area contributed by atoms with Crippen molar-refractivity contribution in [1.29, 1.82) is 0 Å². The summed E-state index contributed by atoms with van der Waals surface area (Å²) in [6.45, 7) is 9.27. The van der Waals surface area contributed by atoms with E-state index in [1.807, 2.05) is 27.7 Å². The van der Waals surface area contributed by atoms with E-state index in [9.17, 15) is 9.90 Å². The van der Waals surface area contributed by atoms with Gasteiger partial charge in [0.15, 0.2) is 0 Å². The molecule has 0 bridgehead atoms. The summed E-state index contributed by atoms with van der Waals surface area (Å²) in [5, 5.41) is 12.7. The van der Waals surface area contributed by atoms with Gasteiger partial charge in [-0.2, -0.15) is 0 Å². The van der Waals surface area contributed by atoms with Gasteiger partial charge in [-0.05, 0) is 47.0 Å². The maximum atomic E-state index is 12.2. The molecule has 2 fully saturated rings. The Kier molecular flexibility index (Phi) is 3.80. The van der Waals surface area contributed by atoms with E-state index in [0.29, 0.717) is 6.54 Å². The summed E-state index contributed by atoms with van der Waals surface area (Å²) in [6.07, 6.45) is 2.07. The quantitative estimate of drug-likeness (QED) is 0.759. The van der Waals surface area contributed by atoms with Gasteiger partial charge < -0.3 is 20.1 Å². The van der Waals surface area contributed by atoms with Crippen LogP contribution in [0.25, 0.3) is 0 Å².